The van der Waals surface area contributed by atoms with Gasteiger partial charge >= 0.3 is 0 Å². The number of hydrogen-bond donors (Lipinski definition) is 1. The smallest absolute Gasteiger partial charge is 0.163 e. The third kappa shape index (κ3) is 4.20. The van der Waals surface area contributed by atoms with Crippen LogP contribution in [0, 0.1) is 17.8 Å². The minimum Gasteiger partial charge on any atom is -0.490 e. The summed E-state index contributed by atoms with van der Waals surface area (Å²) in [6.07, 6.45) is 8.41. The Labute approximate surface area is 185 Å². The van der Waals surface area contributed by atoms with Gasteiger partial charge in [0.1, 0.15) is 6.61 Å². The van der Waals surface area contributed by atoms with E-state index < -0.39 is 0 Å². The van der Waals surface area contributed by atoms with E-state index in [-0.39, 0.29) is 0 Å². The van der Waals surface area contributed by atoms with Gasteiger partial charge in [0.05, 0.1) is 6.61 Å². The van der Waals surface area contributed by atoms with Crippen LogP contribution in [-0.4, -0.2) is 12.1 Å². The summed E-state index contributed by atoms with van der Waals surface area (Å²) < 4.78 is 12.0. The lowest BCUT2D eigenvalue weighted by Gasteiger charge is -2.57. The highest BCUT2D eigenvalue weighted by atomic mass is 35.5. The van der Waals surface area contributed by atoms with Crippen LogP contribution in [0.2, 0.25) is 5.02 Å². The Morgan fingerprint density at radius 2 is 1.57 bits per heavy atom. The van der Waals surface area contributed by atoms with Crippen molar-refractivity contribution < 1.29 is 9.47 Å². The molecule has 0 spiro atoms. The van der Waals surface area contributed by atoms with Crippen LogP contribution in [0.25, 0.3) is 0 Å². The Balaban J connectivity index is 1.30. The molecule has 4 saturated carbocycles. The molecule has 4 bridgehead atoms. The molecule has 0 heterocycles. The number of halogens is 1. The Morgan fingerprint density at radius 3 is 2.20 bits per heavy atom. The summed E-state index contributed by atoms with van der Waals surface area (Å²) in [5.41, 5.74) is 2.55. The van der Waals surface area contributed by atoms with Gasteiger partial charge in [0.2, 0.25) is 0 Å². The highest BCUT2D eigenvalue weighted by molar-refractivity contribution is 6.31. The number of hydrogen-bond acceptors (Lipinski definition) is 3. The van der Waals surface area contributed by atoms with Crippen LogP contribution >= 0.6 is 11.6 Å². The molecule has 2 aromatic carbocycles. The Hall–Kier alpha value is -1.71. The lowest BCUT2D eigenvalue weighted by molar-refractivity contribution is -0.0206. The number of nitrogens with one attached hydrogen (secondary N) is 1. The molecule has 0 radical (unpaired) electrons. The lowest BCUT2D eigenvalue weighted by atomic mass is 9.53. The molecular formula is C26H32ClNO2. The molecule has 0 unspecified atom stereocenters. The zero-order valence-corrected chi connectivity index (χ0v) is 18.6. The summed E-state index contributed by atoms with van der Waals surface area (Å²) in [4.78, 5) is 0. The summed E-state index contributed by atoms with van der Waals surface area (Å²) >= 11 is 6.69. The van der Waals surface area contributed by atoms with E-state index in [9.17, 15) is 0 Å². The van der Waals surface area contributed by atoms with E-state index in [1.54, 1.807) is 0 Å². The topological polar surface area (TPSA) is 30.5 Å². The molecule has 0 aliphatic heterocycles. The zero-order chi connectivity index (χ0) is 20.6. The normalized spacial score (nSPS) is 29.2. The first-order valence-electron chi connectivity index (χ1n) is 11.5. The van der Waals surface area contributed by atoms with Crippen LogP contribution in [0.1, 0.15) is 56.6 Å². The first-order chi connectivity index (χ1) is 14.6. The maximum Gasteiger partial charge on any atom is 0.163 e. The van der Waals surface area contributed by atoms with Crippen LogP contribution in [-0.2, 0) is 13.2 Å². The fraction of sp³-hybridized carbons (Fsp3) is 0.538. The molecule has 0 aromatic heterocycles. The average Bonchev–Trinajstić information content (AvgIpc) is 2.73. The highest BCUT2D eigenvalue weighted by Gasteiger charge is 2.50. The molecule has 1 N–H and O–H groups in total. The standard InChI is InChI=1S/C26H32ClNO2/c1-2-29-24-11-22(23(27)12-25(24)30-17-18-6-4-3-5-7-18)16-28-26-13-19-8-20(14-26)10-21(9-19)15-26/h3-7,11-12,19-21,28H,2,8-10,13-17H2,1H3. The van der Waals surface area contributed by atoms with Gasteiger partial charge in [-0.1, -0.05) is 41.9 Å². The van der Waals surface area contributed by atoms with E-state index >= 15 is 0 Å². The number of benzene rings is 2. The lowest BCUT2D eigenvalue weighted by Crippen LogP contribution is -2.58. The molecule has 0 atom stereocenters. The highest BCUT2D eigenvalue weighted by Crippen LogP contribution is 2.55. The summed E-state index contributed by atoms with van der Waals surface area (Å²) in [7, 11) is 0. The van der Waals surface area contributed by atoms with Crippen molar-refractivity contribution >= 4 is 11.6 Å². The summed E-state index contributed by atoms with van der Waals surface area (Å²) in [6.45, 7) is 3.90. The quantitative estimate of drug-likeness (QED) is 0.532. The second kappa shape index (κ2) is 8.43. The molecule has 4 aliphatic rings. The van der Waals surface area contributed by atoms with Gasteiger partial charge in [-0.05, 0) is 80.4 Å². The van der Waals surface area contributed by atoms with Crippen molar-refractivity contribution in [2.24, 2.45) is 17.8 Å². The summed E-state index contributed by atoms with van der Waals surface area (Å²) in [6, 6.07) is 14.2. The summed E-state index contributed by atoms with van der Waals surface area (Å²) in [5, 5.41) is 4.70. The van der Waals surface area contributed by atoms with Gasteiger partial charge in [-0.15, -0.1) is 0 Å². The van der Waals surface area contributed by atoms with Crippen molar-refractivity contribution in [3.8, 4) is 11.5 Å². The van der Waals surface area contributed by atoms with Crippen molar-refractivity contribution in [2.75, 3.05) is 6.61 Å². The fourth-order valence-electron chi connectivity index (χ4n) is 6.44. The van der Waals surface area contributed by atoms with Gasteiger partial charge in [0.15, 0.2) is 11.5 Å². The third-order valence-electron chi connectivity index (χ3n) is 7.34. The molecule has 6 rings (SSSR count). The minimum atomic E-state index is 0.326. The largest absolute Gasteiger partial charge is 0.490 e. The van der Waals surface area contributed by atoms with E-state index in [0.29, 0.717) is 24.5 Å². The molecular weight excluding hydrogens is 394 g/mol. The average molecular weight is 426 g/mol. The van der Waals surface area contributed by atoms with E-state index in [1.807, 2.05) is 31.2 Å². The third-order valence-corrected chi connectivity index (χ3v) is 7.69. The zero-order valence-electron chi connectivity index (χ0n) is 17.8. The van der Waals surface area contributed by atoms with Crippen LogP contribution in [0.3, 0.4) is 0 Å². The molecule has 0 saturated heterocycles. The monoisotopic (exact) mass is 425 g/mol. The minimum absolute atomic E-state index is 0.326. The van der Waals surface area contributed by atoms with Crippen LogP contribution in [0.4, 0.5) is 0 Å². The van der Waals surface area contributed by atoms with Gasteiger partial charge < -0.3 is 14.8 Å². The van der Waals surface area contributed by atoms with Gasteiger partial charge in [-0.3, -0.25) is 0 Å². The fourth-order valence-corrected chi connectivity index (χ4v) is 6.66. The van der Waals surface area contributed by atoms with Crippen molar-refractivity contribution in [3.63, 3.8) is 0 Å². The van der Waals surface area contributed by atoms with Crippen LogP contribution in [0.5, 0.6) is 11.5 Å². The second-order valence-corrected chi connectivity index (χ2v) is 10.1. The molecule has 0 amide bonds. The van der Waals surface area contributed by atoms with E-state index in [4.69, 9.17) is 21.1 Å². The predicted octanol–water partition coefficient (Wildman–Crippen LogP) is 6.38. The van der Waals surface area contributed by atoms with Gasteiger partial charge in [-0.2, -0.15) is 0 Å². The Morgan fingerprint density at radius 1 is 0.933 bits per heavy atom. The Kier molecular flexibility index (Phi) is 5.68. The van der Waals surface area contributed by atoms with E-state index in [1.165, 1.54) is 38.5 Å². The first kappa shape index (κ1) is 20.2. The van der Waals surface area contributed by atoms with Gasteiger partial charge in [-0.25, -0.2) is 0 Å². The molecule has 4 heteroatoms. The first-order valence-corrected chi connectivity index (χ1v) is 11.9. The molecule has 4 fully saturated rings. The summed E-state index contributed by atoms with van der Waals surface area (Å²) in [5.74, 6) is 4.30. The van der Waals surface area contributed by atoms with E-state index in [2.05, 4.69) is 23.5 Å². The Bertz CT molecular complexity index is 847. The van der Waals surface area contributed by atoms with Crippen molar-refractivity contribution in [2.45, 2.75) is 64.1 Å². The van der Waals surface area contributed by atoms with Crippen LogP contribution < -0.4 is 14.8 Å². The predicted molar refractivity (Wildman–Crippen MR) is 121 cm³/mol. The molecule has 160 valence electrons. The molecule has 2 aromatic rings. The molecule has 4 aliphatic carbocycles. The number of ether oxygens (including phenoxy) is 2. The second-order valence-electron chi connectivity index (χ2n) is 9.65. The van der Waals surface area contributed by atoms with Gasteiger partial charge in [0.25, 0.3) is 0 Å². The van der Waals surface area contributed by atoms with Gasteiger partial charge in [0, 0.05) is 23.2 Å². The SMILES string of the molecule is CCOc1cc(CNC23CC4CC(CC(C4)C2)C3)c(Cl)cc1OCc1ccccc1. The molecule has 3 nitrogen and oxygen atoms in total. The maximum absolute atomic E-state index is 6.69. The number of rotatable bonds is 8. The van der Waals surface area contributed by atoms with Crippen molar-refractivity contribution in [1.29, 1.82) is 0 Å². The molecule has 30 heavy (non-hydrogen) atoms. The van der Waals surface area contributed by atoms with E-state index in [0.717, 1.165) is 46.2 Å². The van der Waals surface area contributed by atoms with Crippen molar-refractivity contribution in [3.05, 3.63) is 58.6 Å². The maximum atomic E-state index is 6.69. The van der Waals surface area contributed by atoms with Crippen molar-refractivity contribution in [1.82, 2.24) is 5.32 Å². The van der Waals surface area contributed by atoms with Crippen LogP contribution in [0.15, 0.2) is 42.5 Å².